The summed E-state index contributed by atoms with van der Waals surface area (Å²) in [5, 5.41) is 10.7. The van der Waals surface area contributed by atoms with E-state index in [1.165, 1.54) is 6.07 Å². The third kappa shape index (κ3) is 5.52. The number of hydrogen-bond donors (Lipinski definition) is 1. The van der Waals surface area contributed by atoms with Crippen molar-refractivity contribution in [2.24, 2.45) is 0 Å². The van der Waals surface area contributed by atoms with Gasteiger partial charge in [0.05, 0.1) is 0 Å². The second kappa shape index (κ2) is 9.67. The molecule has 27 heavy (non-hydrogen) atoms. The lowest BCUT2D eigenvalue weighted by Crippen LogP contribution is -1.98. The molecule has 0 heterocycles. The number of benzene rings is 2. The van der Waals surface area contributed by atoms with Crippen LogP contribution in [0.3, 0.4) is 0 Å². The van der Waals surface area contributed by atoms with Crippen LogP contribution in [0.4, 0.5) is 8.78 Å². The third-order valence-corrected chi connectivity index (χ3v) is 3.86. The molecule has 1 N–H and O–H groups in total. The van der Waals surface area contributed by atoms with Crippen LogP contribution >= 0.6 is 0 Å². The zero-order chi connectivity index (χ0) is 20.7. The highest BCUT2D eigenvalue weighted by molar-refractivity contribution is 5.96. The van der Waals surface area contributed by atoms with Crippen molar-refractivity contribution in [2.75, 3.05) is 0 Å². The molecule has 0 unspecified atom stereocenters. The maximum absolute atomic E-state index is 13.5. The van der Waals surface area contributed by atoms with E-state index < -0.39 is 11.6 Å². The van der Waals surface area contributed by atoms with Crippen molar-refractivity contribution in [2.45, 2.75) is 27.7 Å². The van der Waals surface area contributed by atoms with Gasteiger partial charge in [-0.15, -0.1) is 6.58 Å². The van der Waals surface area contributed by atoms with Gasteiger partial charge in [0, 0.05) is 11.1 Å². The van der Waals surface area contributed by atoms with Crippen LogP contribution in [0.15, 0.2) is 67.8 Å². The monoisotopic (exact) mass is 368 g/mol. The van der Waals surface area contributed by atoms with Crippen LogP contribution in [0.2, 0.25) is 0 Å². The van der Waals surface area contributed by atoms with Crippen molar-refractivity contribution < 1.29 is 13.9 Å². The summed E-state index contributed by atoms with van der Waals surface area (Å²) in [6.07, 6.45) is 1.75. The Labute approximate surface area is 160 Å². The topological polar surface area (TPSA) is 20.2 Å². The van der Waals surface area contributed by atoms with Gasteiger partial charge in [0.25, 0.3) is 0 Å². The summed E-state index contributed by atoms with van der Waals surface area (Å²) >= 11 is 0. The van der Waals surface area contributed by atoms with Gasteiger partial charge < -0.3 is 5.11 Å². The third-order valence-electron chi connectivity index (χ3n) is 3.86. The summed E-state index contributed by atoms with van der Waals surface area (Å²) in [7, 11) is 0. The highest BCUT2D eigenvalue weighted by Crippen LogP contribution is 2.33. The first-order chi connectivity index (χ1) is 12.6. The van der Waals surface area contributed by atoms with Gasteiger partial charge in [-0.05, 0) is 74.2 Å². The van der Waals surface area contributed by atoms with Crippen LogP contribution in [0.25, 0.3) is 16.9 Å². The maximum atomic E-state index is 13.5. The molecular formula is C24H26F2O. The Kier molecular flexibility index (Phi) is 7.92. The average molecular weight is 368 g/mol. The minimum atomic E-state index is -1.01. The van der Waals surface area contributed by atoms with Crippen LogP contribution < -0.4 is 0 Å². The van der Waals surface area contributed by atoms with E-state index in [1.807, 2.05) is 39.0 Å². The van der Waals surface area contributed by atoms with Gasteiger partial charge in [-0.3, -0.25) is 0 Å². The summed E-state index contributed by atoms with van der Waals surface area (Å²) in [5.41, 5.74) is 4.88. The summed E-state index contributed by atoms with van der Waals surface area (Å²) < 4.78 is 26.7. The van der Waals surface area contributed by atoms with Crippen molar-refractivity contribution >= 4 is 16.9 Å². The average Bonchev–Trinajstić information content (AvgIpc) is 2.59. The van der Waals surface area contributed by atoms with Crippen LogP contribution in [0.5, 0.6) is 0 Å². The first-order valence-electron chi connectivity index (χ1n) is 8.52. The molecule has 0 spiro atoms. The lowest BCUT2D eigenvalue weighted by Gasteiger charge is -2.16. The Morgan fingerprint density at radius 3 is 2.00 bits per heavy atom. The van der Waals surface area contributed by atoms with Crippen LogP contribution in [0.1, 0.15) is 43.0 Å². The van der Waals surface area contributed by atoms with Gasteiger partial charge in [0.15, 0.2) is 11.6 Å². The number of aliphatic hydroxyl groups is 1. The molecule has 142 valence electrons. The van der Waals surface area contributed by atoms with Gasteiger partial charge >= 0.3 is 0 Å². The molecule has 0 aliphatic carbocycles. The standard InChI is InChI=1S/C21H20F2O.C3H6/c1-12(2)15-7-6-14(5)17(10-15)20(13(3)4)21(24)16-8-9-18(22)19(23)11-16;1-3-2/h6-11,24H,1,3H2,2,4-5H3;3H,1H2,2H3/b21-20+;. The molecule has 0 fully saturated rings. The van der Waals surface area contributed by atoms with Crippen molar-refractivity contribution in [3.05, 3.63) is 102 Å². The van der Waals surface area contributed by atoms with E-state index in [9.17, 15) is 13.9 Å². The van der Waals surface area contributed by atoms with E-state index in [1.54, 1.807) is 13.0 Å². The Hall–Kier alpha value is -2.94. The van der Waals surface area contributed by atoms with Crippen molar-refractivity contribution in [1.29, 1.82) is 0 Å². The number of aliphatic hydroxyl groups excluding tert-OH is 1. The summed E-state index contributed by atoms with van der Waals surface area (Å²) in [6.45, 7) is 18.7. The van der Waals surface area contributed by atoms with E-state index in [0.29, 0.717) is 11.1 Å². The fourth-order valence-corrected chi connectivity index (χ4v) is 2.50. The van der Waals surface area contributed by atoms with E-state index in [4.69, 9.17) is 0 Å². The van der Waals surface area contributed by atoms with Gasteiger partial charge in [-0.1, -0.05) is 36.9 Å². The predicted octanol–water partition coefficient (Wildman–Crippen LogP) is 7.50. The first kappa shape index (κ1) is 22.1. The Morgan fingerprint density at radius 1 is 0.963 bits per heavy atom. The van der Waals surface area contributed by atoms with Crippen molar-refractivity contribution in [3.8, 4) is 0 Å². The molecule has 2 aromatic carbocycles. The largest absolute Gasteiger partial charge is 0.507 e. The van der Waals surface area contributed by atoms with Gasteiger partial charge in [-0.25, -0.2) is 8.78 Å². The zero-order valence-corrected chi connectivity index (χ0v) is 16.4. The van der Waals surface area contributed by atoms with Crippen LogP contribution in [0, 0.1) is 18.6 Å². The van der Waals surface area contributed by atoms with Crippen LogP contribution in [-0.2, 0) is 0 Å². The molecular weight excluding hydrogens is 342 g/mol. The Balaban J connectivity index is 0.00000114. The van der Waals surface area contributed by atoms with Gasteiger partial charge in [-0.2, -0.15) is 0 Å². The van der Waals surface area contributed by atoms with Gasteiger partial charge in [0.2, 0.25) is 0 Å². The molecule has 2 aromatic rings. The number of hydrogen-bond acceptors (Lipinski definition) is 1. The van der Waals surface area contributed by atoms with Crippen LogP contribution in [-0.4, -0.2) is 5.11 Å². The molecule has 0 saturated carbocycles. The number of rotatable bonds is 4. The Bertz CT molecular complexity index is 905. The number of allylic oxidation sites excluding steroid dienone is 4. The minimum Gasteiger partial charge on any atom is -0.507 e. The predicted molar refractivity (Wildman–Crippen MR) is 112 cm³/mol. The van der Waals surface area contributed by atoms with Gasteiger partial charge in [0.1, 0.15) is 5.76 Å². The molecule has 0 radical (unpaired) electrons. The highest BCUT2D eigenvalue weighted by atomic mass is 19.2. The minimum absolute atomic E-state index is 0.136. The lowest BCUT2D eigenvalue weighted by atomic mass is 9.90. The summed E-state index contributed by atoms with van der Waals surface area (Å²) in [5.74, 6) is -2.10. The normalized spacial score (nSPS) is 11.0. The molecule has 0 aliphatic rings. The quantitative estimate of drug-likeness (QED) is 0.256. The fraction of sp³-hybridized carbons (Fsp3) is 0.167. The number of aryl methyl sites for hydroxylation is 1. The molecule has 0 aromatic heterocycles. The lowest BCUT2D eigenvalue weighted by molar-refractivity contribution is 0.498. The van der Waals surface area contributed by atoms with Crippen molar-refractivity contribution in [1.82, 2.24) is 0 Å². The van der Waals surface area contributed by atoms with E-state index in [0.717, 1.165) is 34.4 Å². The fourth-order valence-electron chi connectivity index (χ4n) is 2.50. The molecule has 0 aliphatic heterocycles. The van der Waals surface area contributed by atoms with E-state index in [2.05, 4.69) is 19.7 Å². The Morgan fingerprint density at radius 2 is 1.52 bits per heavy atom. The molecule has 0 atom stereocenters. The maximum Gasteiger partial charge on any atom is 0.159 e. The van der Waals surface area contributed by atoms with E-state index in [-0.39, 0.29) is 11.3 Å². The molecule has 0 saturated heterocycles. The SMILES string of the molecule is C=C(C)/C(=C(\O)c1ccc(F)c(F)c1)c1cc(C(=C)C)ccc1C.C=CC. The highest BCUT2D eigenvalue weighted by Gasteiger charge is 2.16. The molecule has 0 amide bonds. The summed E-state index contributed by atoms with van der Waals surface area (Å²) in [4.78, 5) is 0. The molecule has 0 bridgehead atoms. The smallest absolute Gasteiger partial charge is 0.159 e. The summed E-state index contributed by atoms with van der Waals surface area (Å²) in [6, 6.07) is 9.11. The second-order valence-electron chi connectivity index (χ2n) is 6.35. The molecule has 3 heteroatoms. The van der Waals surface area contributed by atoms with Crippen molar-refractivity contribution in [3.63, 3.8) is 0 Å². The second-order valence-corrected chi connectivity index (χ2v) is 6.35. The van der Waals surface area contributed by atoms with E-state index >= 15 is 0 Å². The zero-order valence-electron chi connectivity index (χ0n) is 16.4. The first-order valence-corrected chi connectivity index (χ1v) is 8.52. The molecule has 1 nitrogen and oxygen atoms in total. The molecule has 2 rings (SSSR count). The number of halogens is 2.